The Morgan fingerprint density at radius 3 is 2.11 bits per heavy atom. The highest BCUT2D eigenvalue weighted by atomic mass is 17.1. The molecule has 0 heterocycles. The molecular weight excluding hydrogens is 236 g/mol. The highest BCUT2D eigenvalue weighted by Gasteiger charge is 2.60. The van der Waals surface area contributed by atoms with Gasteiger partial charge in [0.2, 0.25) is 0 Å². The third kappa shape index (κ3) is 2.70. The van der Waals surface area contributed by atoms with Crippen molar-refractivity contribution in [2.75, 3.05) is 13.2 Å². The van der Waals surface area contributed by atoms with E-state index in [0.717, 1.165) is 12.3 Å². The summed E-state index contributed by atoms with van der Waals surface area (Å²) in [5.74, 6) is 0.780. The predicted octanol–water partition coefficient (Wildman–Crippen LogP) is 1.02. The van der Waals surface area contributed by atoms with Crippen molar-refractivity contribution in [1.29, 1.82) is 0 Å². The second-order valence-electron chi connectivity index (χ2n) is 6.26. The van der Waals surface area contributed by atoms with Gasteiger partial charge in [-0.05, 0) is 36.0 Å². The number of aliphatic hydroxyl groups excluding tert-OH is 3. The van der Waals surface area contributed by atoms with Crippen molar-refractivity contribution in [2.24, 2.45) is 16.7 Å². The van der Waals surface area contributed by atoms with E-state index in [0.29, 0.717) is 5.41 Å². The number of hydrogen-bond donors (Lipinski definition) is 4. The lowest BCUT2D eigenvalue weighted by Crippen LogP contribution is -2.35. The Bertz CT molecular complexity index is 268. The fourth-order valence-electron chi connectivity index (χ4n) is 3.30. The quantitative estimate of drug-likeness (QED) is 0.450. The molecule has 2 saturated carbocycles. The molecule has 0 radical (unpaired) electrons. The smallest absolute Gasteiger partial charge is 0.110 e. The molecule has 4 N–H and O–H groups in total. The summed E-state index contributed by atoms with van der Waals surface area (Å²) < 4.78 is 0. The van der Waals surface area contributed by atoms with Gasteiger partial charge < -0.3 is 15.3 Å². The summed E-state index contributed by atoms with van der Waals surface area (Å²) in [6, 6.07) is 0. The molecule has 108 valence electrons. The van der Waals surface area contributed by atoms with Crippen LogP contribution < -0.4 is 0 Å². The molecule has 0 saturated heterocycles. The Hall–Kier alpha value is -0.200. The van der Waals surface area contributed by atoms with E-state index >= 15 is 0 Å². The first-order valence-electron chi connectivity index (χ1n) is 6.53. The molecule has 0 aromatic rings. The van der Waals surface area contributed by atoms with Crippen molar-refractivity contribution in [3.63, 3.8) is 0 Å². The molecular formula is C13H26O5. The summed E-state index contributed by atoms with van der Waals surface area (Å²) in [5, 5.41) is 33.8. The maximum Gasteiger partial charge on any atom is 0.110 e. The van der Waals surface area contributed by atoms with E-state index in [2.05, 4.69) is 25.7 Å². The lowest BCUT2D eigenvalue weighted by molar-refractivity contribution is -0.258. The van der Waals surface area contributed by atoms with Gasteiger partial charge in [-0.2, -0.15) is 0 Å². The molecule has 0 amide bonds. The molecule has 5 nitrogen and oxygen atoms in total. The monoisotopic (exact) mass is 262 g/mol. The van der Waals surface area contributed by atoms with Crippen molar-refractivity contribution in [1.82, 2.24) is 0 Å². The molecule has 0 aliphatic heterocycles. The third-order valence-electron chi connectivity index (χ3n) is 5.23. The lowest BCUT2D eigenvalue weighted by Gasteiger charge is -2.36. The van der Waals surface area contributed by atoms with Crippen molar-refractivity contribution in [3.8, 4) is 0 Å². The van der Waals surface area contributed by atoms with Crippen LogP contribution in [0, 0.1) is 16.7 Å². The molecule has 2 rings (SSSR count). The van der Waals surface area contributed by atoms with Gasteiger partial charge in [-0.25, -0.2) is 4.89 Å². The highest BCUT2D eigenvalue weighted by molar-refractivity contribution is 5.10. The number of aliphatic hydroxyl groups is 3. The van der Waals surface area contributed by atoms with Crippen LogP contribution in [-0.2, 0) is 4.89 Å². The average Bonchev–Trinajstić information content (AvgIpc) is 2.63. The summed E-state index contributed by atoms with van der Waals surface area (Å²) in [7, 11) is 0. The zero-order valence-electron chi connectivity index (χ0n) is 11.5. The minimum Gasteiger partial charge on any atom is -0.394 e. The minimum absolute atomic E-state index is 0.0313. The van der Waals surface area contributed by atoms with Gasteiger partial charge in [0.05, 0.1) is 12.7 Å². The SMILES string of the molecule is CC1(C)[C@@H]2CC[C@]1(C)[C@@H](O)C2.OCC(O)COO. The summed E-state index contributed by atoms with van der Waals surface area (Å²) in [4.78, 5) is 3.48. The summed E-state index contributed by atoms with van der Waals surface area (Å²) in [6.45, 7) is 6.27. The maximum absolute atomic E-state index is 9.81. The van der Waals surface area contributed by atoms with E-state index in [-0.39, 0.29) is 24.7 Å². The zero-order chi connectivity index (χ0) is 14.0. The predicted molar refractivity (Wildman–Crippen MR) is 66.9 cm³/mol. The second kappa shape index (κ2) is 5.84. The van der Waals surface area contributed by atoms with E-state index in [1.807, 2.05) is 0 Å². The molecule has 18 heavy (non-hydrogen) atoms. The molecule has 0 spiro atoms. The second-order valence-corrected chi connectivity index (χ2v) is 6.26. The van der Waals surface area contributed by atoms with Crippen molar-refractivity contribution in [2.45, 2.75) is 52.2 Å². The topological polar surface area (TPSA) is 90.2 Å². The zero-order valence-corrected chi connectivity index (χ0v) is 11.5. The highest BCUT2D eigenvalue weighted by Crippen LogP contribution is 2.65. The van der Waals surface area contributed by atoms with Crippen LogP contribution in [0.4, 0.5) is 0 Å². The first-order valence-corrected chi connectivity index (χ1v) is 6.53. The van der Waals surface area contributed by atoms with Crippen LogP contribution in [0.1, 0.15) is 40.0 Å². The van der Waals surface area contributed by atoms with E-state index in [4.69, 9.17) is 15.5 Å². The molecule has 4 atom stereocenters. The first kappa shape index (κ1) is 15.9. The Balaban J connectivity index is 0.000000203. The van der Waals surface area contributed by atoms with Gasteiger partial charge >= 0.3 is 0 Å². The fraction of sp³-hybridized carbons (Fsp3) is 1.00. The molecule has 2 fully saturated rings. The fourth-order valence-corrected chi connectivity index (χ4v) is 3.30. The van der Waals surface area contributed by atoms with E-state index < -0.39 is 6.10 Å². The summed E-state index contributed by atoms with van der Waals surface area (Å²) in [6.07, 6.45) is 2.61. The van der Waals surface area contributed by atoms with Gasteiger partial charge in [-0.3, -0.25) is 5.26 Å². The van der Waals surface area contributed by atoms with Gasteiger partial charge in [0.15, 0.2) is 0 Å². The van der Waals surface area contributed by atoms with Crippen LogP contribution >= 0.6 is 0 Å². The Kier molecular flexibility index (Phi) is 5.14. The van der Waals surface area contributed by atoms with Crippen LogP contribution in [-0.4, -0.2) is 46.0 Å². The van der Waals surface area contributed by atoms with Crippen LogP contribution in [0.15, 0.2) is 0 Å². The van der Waals surface area contributed by atoms with E-state index in [1.165, 1.54) is 12.8 Å². The third-order valence-corrected chi connectivity index (χ3v) is 5.23. The van der Waals surface area contributed by atoms with Gasteiger partial charge in [-0.1, -0.05) is 20.8 Å². The van der Waals surface area contributed by atoms with Crippen LogP contribution in [0.5, 0.6) is 0 Å². The number of rotatable bonds is 3. The maximum atomic E-state index is 9.81. The summed E-state index contributed by atoms with van der Waals surface area (Å²) >= 11 is 0. The molecule has 2 aliphatic rings. The largest absolute Gasteiger partial charge is 0.394 e. The van der Waals surface area contributed by atoms with Crippen LogP contribution in [0.25, 0.3) is 0 Å². The molecule has 2 aliphatic carbocycles. The minimum atomic E-state index is -0.968. The number of hydrogen-bond acceptors (Lipinski definition) is 5. The average molecular weight is 262 g/mol. The first-order chi connectivity index (χ1) is 8.29. The summed E-state index contributed by atoms with van der Waals surface area (Å²) in [5.41, 5.74) is 0.601. The Morgan fingerprint density at radius 2 is 1.94 bits per heavy atom. The normalized spacial score (nSPS) is 38.2. The standard InChI is InChI=1S/C10H18O.C3H8O4/c1-9(2)7-4-5-10(9,3)8(11)6-7;4-1-3(5)2-7-6/h7-8,11H,4-6H2,1-3H3;3-6H,1-2H2/t7-,8+,10-;/m1./s1. The van der Waals surface area contributed by atoms with Crippen LogP contribution in [0.3, 0.4) is 0 Å². The number of fused-ring (bicyclic) bond motifs is 2. The molecule has 0 aromatic carbocycles. The molecule has 0 aromatic heterocycles. The van der Waals surface area contributed by atoms with Gasteiger partial charge in [0.25, 0.3) is 0 Å². The Labute approximate surface area is 108 Å². The van der Waals surface area contributed by atoms with E-state index in [1.54, 1.807) is 0 Å². The molecule has 1 unspecified atom stereocenters. The molecule has 2 bridgehead atoms. The van der Waals surface area contributed by atoms with E-state index in [9.17, 15) is 5.11 Å². The Morgan fingerprint density at radius 1 is 1.33 bits per heavy atom. The van der Waals surface area contributed by atoms with Gasteiger partial charge in [0, 0.05) is 0 Å². The van der Waals surface area contributed by atoms with Crippen LogP contribution in [0.2, 0.25) is 0 Å². The van der Waals surface area contributed by atoms with Crippen molar-refractivity contribution in [3.05, 3.63) is 0 Å². The van der Waals surface area contributed by atoms with Gasteiger partial charge in [-0.15, -0.1) is 0 Å². The van der Waals surface area contributed by atoms with Crippen molar-refractivity contribution < 1.29 is 25.5 Å². The lowest BCUT2D eigenvalue weighted by atomic mass is 9.70. The van der Waals surface area contributed by atoms with Crippen molar-refractivity contribution >= 4 is 0 Å². The van der Waals surface area contributed by atoms with Gasteiger partial charge in [0.1, 0.15) is 12.7 Å². The molecule has 5 heteroatoms.